The summed E-state index contributed by atoms with van der Waals surface area (Å²) in [7, 11) is 0. The highest BCUT2D eigenvalue weighted by atomic mass is 19.4. The molecule has 3 N–H and O–H groups in total. The molecule has 2 atom stereocenters. The van der Waals surface area contributed by atoms with Gasteiger partial charge in [0.05, 0.1) is 6.54 Å². The number of aromatic nitrogens is 3. The molecule has 4 rings (SSSR count). The fraction of sp³-hybridized carbons (Fsp3) is 0.435. The van der Waals surface area contributed by atoms with Crippen molar-refractivity contribution in [3.63, 3.8) is 0 Å². The number of rotatable bonds is 7. The average Bonchev–Trinajstić information content (AvgIpc) is 3.44. The van der Waals surface area contributed by atoms with E-state index in [-0.39, 0.29) is 24.8 Å². The van der Waals surface area contributed by atoms with Crippen LogP contribution in [-0.4, -0.2) is 51.6 Å². The van der Waals surface area contributed by atoms with Gasteiger partial charge >= 0.3 is 12.4 Å². The zero-order chi connectivity index (χ0) is 27.2. The van der Waals surface area contributed by atoms with Crippen molar-refractivity contribution in [2.24, 2.45) is 11.7 Å². The van der Waals surface area contributed by atoms with Crippen LogP contribution in [-0.2, 0) is 22.6 Å². The number of primary amides is 1. The van der Waals surface area contributed by atoms with Gasteiger partial charge in [0.2, 0.25) is 5.91 Å². The number of nitrogens with zero attached hydrogens (tertiary/aromatic N) is 4. The molecule has 3 aromatic rings. The lowest BCUT2D eigenvalue weighted by molar-refractivity contribution is -0.142. The third-order valence-electron chi connectivity index (χ3n) is 6.70. The van der Waals surface area contributed by atoms with E-state index in [2.05, 4.69) is 15.4 Å². The first kappa shape index (κ1) is 26.6. The lowest BCUT2D eigenvalue weighted by Crippen LogP contribution is -2.41. The van der Waals surface area contributed by atoms with Crippen LogP contribution < -0.4 is 11.1 Å². The highest BCUT2D eigenvalue weighted by Gasteiger charge is 2.41. The molecule has 1 saturated heterocycles. The van der Waals surface area contributed by atoms with Gasteiger partial charge in [-0.15, -0.1) is 0 Å². The van der Waals surface area contributed by atoms with Crippen LogP contribution in [0.4, 0.5) is 36.6 Å². The zero-order valence-electron chi connectivity index (χ0n) is 19.5. The van der Waals surface area contributed by atoms with Gasteiger partial charge in [0.25, 0.3) is 0 Å². The van der Waals surface area contributed by atoms with Crippen LogP contribution in [0.1, 0.15) is 30.3 Å². The molecule has 0 aliphatic carbocycles. The van der Waals surface area contributed by atoms with Crippen molar-refractivity contribution in [3.8, 4) is 0 Å². The maximum absolute atomic E-state index is 13.6. The van der Waals surface area contributed by atoms with Gasteiger partial charge in [-0.1, -0.05) is 19.1 Å². The summed E-state index contributed by atoms with van der Waals surface area (Å²) < 4.78 is 94.5. The number of nitrogens with two attached hydrogens (primary N) is 1. The molecule has 1 aliphatic rings. The normalized spacial score (nSPS) is 18.8. The standard InChI is InChI=1S/C23H23F7N6O/c1-21(13-2-4-15(24)5-3-13,14-6-7-35(10-14)11-18(31)37)12-32-19-8-16(22(25,26)27)33-20-9-17(23(28,29)30)34-36(19)20/h2-5,8-9,14,32H,6-7,10-12H2,1H3,(H2,31,37)/t14-,21-/m1/s1. The van der Waals surface area contributed by atoms with Crippen molar-refractivity contribution >= 4 is 17.4 Å². The van der Waals surface area contributed by atoms with Crippen LogP contribution in [0.5, 0.6) is 0 Å². The number of halogens is 7. The quantitative estimate of drug-likeness (QED) is 0.448. The van der Waals surface area contributed by atoms with Crippen LogP contribution in [0.15, 0.2) is 36.4 Å². The number of likely N-dealkylation sites (tertiary alicyclic amines) is 1. The molecule has 14 heteroatoms. The summed E-state index contributed by atoms with van der Waals surface area (Å²) in [5.74, 6) is -1.48. The molecule has 1 aliphatic heterocycles. The Morgan fingerprint density at radius 2 is 1.73 bits per heavy atom. The van der Waals surface area contributed by atoms with E-state index >= 15 is 0 Å². The summed E-state index contributed by atoms with van der Waals surface area (Å²) in [5, 5.41) is 6.26. The van der Waals surface area contributed by atoms with Crippen molar-refractivity contribution in [2.75, 3.05) is 31.5 Å². The summed E-state index contributed by atoms with van der Waals surface area (Å²) in [6, 6.07) is 6.63. The first-order valence-electron chi connectivity index (χ1n) is 11.2. The minimum Gasteiger partial charge on any atom is -0.369 e. The molecule has 200 valence electrons. The Labute approximate surface area is 206 Å². The highest BCUT2D eigenvalue weighted by molar-refractivity contribution is 5.75. The Hall–Kier alpha value is -3.42. The SMILES string of the molecule is C[C@@](CNc1cc(C(F)(F)F)nc2cc(C(F)(F)F)nn12)(c1ccc(F)cc1)[C@@H]1CCN(CC(N)=O)C1. The van der Waals surface area contributed by atoms with E-state index in [0.717, 1.165) is 0 Å². The molecule has 3 heterocycles. The smallest absolute Gasteiger partial charge is 0.369 e. The maximum atomic E-state index is 13.6. The number of amides is 1. The number of nitrogens with one attached hydrogen (secondary N) is 1. The van der Waals surface area contributed by atoms with Crippen LogP contribution in [0.25, 0.3) is 5.65 Å². The van der Waals surface area contributed by atoms with Gasteiger partial charge in [0.15, 0.2) is 17.0 Å². The monoisotopic (exact) mass is 532 g/mol. The fourth-order valence-electron chi connectivity index (χ4n) is 4.69. The average molecular weight is 532 g/mol. The first-order chi connectivity index (χ1) is 17.2. The van der Waals surface area contributed by atoms with Gasteiger partial charge in [-0.3, -0.25) is 9.69 Å². The van der Waals surface area contributed by atoms with Gasteiger partial charge in [0.1, 0.15) is 11.6 Å². The summed E-state index contributed by atoms with van der Waals surface area (Å²) >= 11 is 0. The molecule has 37 heavy (non-hydrogen) atoms. The van der Waals surface area contributed by atoms with E-state index in [0.29, 0.717) is 41.7 Å². The molecular weight excluding hydrogens is 509 g/mol. The molecule has 0 unspecified atom stereocenters. The lowest BCUT2D eigenvalue weighted by Gasteiger charge is -2.37. The van der Waals surface area contributed by atoms with E-state index in [9.17, 15) is 35.5 Å². The number of carbonyl (C=O) groups excluding carboxylic acids is 1. The van der Waals surface area contributed by atoms with E-state index in [1.54, 1.807) is 12.1 Å². The summed E-state index contributed by atoms with van der Waals surface area (Å²) in [6.07, 6.45) is -9.20. The van der Waals surface area contributed by atoms with E-state index in [4.69, 9.17) is 5.73 Å². The van der Waals surface area contributed by atoms with Crippen LogP contribution in [0.2, 0.25) is 0 Å². The highest BCUT2D eigenvalue weighted by Crippen LogP contribution is 2.39. The van der Waals surface area contributed by atoms with Crippen molar-refractivity contribution < 1.29 is 35.5 Å². The minimum absolute atomic E-state index is 0.0247. The van der Waals surface area contributed by atoms with E-state index < -0.39 is 46.5 Å². The van der Waals surface area contributed by atoms with Crippen LogP contribution in [0.3, 0.4) is 0 Å². The molecule has 2 aromatic heterocycles. The number of hydrogen-bond acceptors (Lipinski definition) is 5. The fourth-order valence-corrected chi connectivity index (χ4v) is 4.69. The van der Waals surface area contributed by atoms with Crippen molar-refractivity contribution in [1.29, 1.82) is 0 Å². The molecule has 0 bridgehead atoms. The third kappa shape index (κ3) is 5.63. The summed E-state index contributed by atoms with van der Waals surface area (Å²) in [5.41, 5.74) is 1.74. The molecule has 1 fully saturated rings. The molecule has 0 radical (unpaired) electrons. The van der Waals surface area contributed by atoms with Gasteiger partial charge in [-0.25, -0.2) is 9.37 Å². The molecule has 0 saturated carbocycles. The second-order valence-electron chi connectivity index (χ2n) is 9.29. The molecular formula is C23H23F7N6O. The first-order valence-corrected chi connectivity index (χ1v) is 11.2. The second-order valence-corrected chi connectivity index (χ2v) is 9.29. The number of alkyl halides is 6. The Morgan fingerprint density at radius 1 is 1.08 bits per heavy atom. The van der Waals surface area contributed by atoms with Gasteiger partial charge < -0.3 is 11.1 Å². The number of fused-ring (bicyclic) bond motifs is 1. The van der Waals surface area contributed by atoms with E-state index in [1.165, 1.54) is 12.1 Å². The molecule has 1 amide bonds. The number of carbonyl (C=O) groups is 1. The second kappa shape index (κ2) is 9.47. The van der Waals surface area contributed by atoms with Crippen molar-refractivity contribution in [1.82, 2.24) is 19.5 Å². The van der Waals surface area contributed by atoms with Crippen LogP contribution >= 0.6 is 0 Å². The Morgan fingerprint density at radius 3 is 2.32 bits per heavy atom. The molecule has 1 aromatic carbocycles. The number of benzene rings is 1. The maximum Gasteiger partial charge on any atom is 0.435 e. The van der Waals surface area contributed by atoms with Gasteiger partial charge in [-0.05, 0) is 36.6 Å². The molecule has 7 nitrogen and oxygen atoms in total. The topological polar surface area (TPSA) is 88.6 Å². The van der Waals surface area contributed by atoms with Crippen molar-refractivity contribution in [2.45, 2.75) is 31.1 Å². The summed E-state index contributed by atoms with van der Waals surface area (Å²) in [4.78, 5) is 16.5. The largest absolute Gasteiger partial charge is 0.435 e. The number of hydrogen-bond donors (Lipinski definition) is 2. The van der Waals surface area contributed by atoms with Crippen molar-refractivity contribution in [3.05, 3.63) is 59.2 Å². The lowest BCUT2D eigenvalue weighted by atomic mass is 9.71. The van der Waals surface area contributed by atoms with Gasteiger partial charge in [0, 0.05) is 30.6 Å². The Kier molecular flexibility index (Phi) is 6.82. The zero-order valence-corrected chi connectivity index (χ0v) is 19.5. The Balaban J connectivity index is 1.73. The predicted octanol–water partition coefficient (Wildman–Crippen LogP) is 4.08. The Bertz CT molecular complexity index is 1290. The summed E-state index contributed by atoms with van der Waals surface area (Å²) in [6.45, 7) is 2.77. The van der Waals surface area contributed by atoms with E-state index in [1.807, 2.05) is 11.8 Å². The third-order valence-corrected chi connectivity index (χ3v) is 6.70. The molecule has 0 spiro atoms. The van der Waals surface area contributed by atoms with Gasteiger partial charge in [-0.2, -0.15) is 36.0 Å². The minimum atomic E-state index is -4.91. The predicted molar refractivity (Wildman–Crippen MR) is 119 cm³/mol. The van der Waals surface area contributed by atoms with Crippen LogP contribution in [0, 0.1) is 11.7 Å². The number of anilines is 1.